The smallest absolute Gasteiger partial charge is 0.253 e. The first-order valence-corrected chi connectivity index (χ1v) is 7.30. The van der Waals surface area contributed by atoms with Gasteiger partial charge < -0.3 is 25.3 Å². The highest BCUT2D eigenvalue weighted by Gasteiger charge is 2.30. The summed E-state index contributed by atoms with van der Waals surface area (Å²) in [6.45, 7) is 1.39. The van der Waals surface area contributed by atoms with Gasteiger partial charge in [-0.15, -0.1) is 0 Å². The molecule has 1 aromatic rings. The Bertz CT molecular complexity index is 552. The van der Waals surface area contributed by atoms with Gasteiger partial charge in [-0.25, -0.2) is 0 Å². The third kappa shape index (κ3) is 3.07. The molecule has 1 aromatic carbocycles. The van der Waals surface area contributed by atoms with Crippen molar-refractivity contribution in [2.45, 2.75) is 25.0 Å². The fourth-order valence-electron chi connectivity index (χ4n) is 2.44. The summed E-state index contributed by atoms with van der Waals surface area (Å²) in [7, 11) is 0. The molecule has 7 heteroatoms. The largest absolute Gasteiger partial charge is 0.486 e. The van der Waals surface area contributed by atoms with Gasteiger partial charge in [0.2, 0.25) is 0 Å². The minimum absolute atomic E-state index is 0.0449. The van der Waals surface area contributed by atoms with Gasteiger partial charge in [-0.3, -0.25) is 4.79 Å². The molecule has 3 N–H and O–H groups in total. The van der Waals surface area contributed by atoms with Crippen LogP contribution in [0.1, 0.15) is 12.8 Å². The van der Waals surface area contributed by atoms with Crippen LogP contribution < -0.4 is 20.5 Å². The van der Waals surface area contributed by atoms with Crippen molar-refractivity contribution >= 4 is 23.2 Å². The molecule has 1 saturated heterocycles. The van der Waals surface area contributed by atoms with E-state index in [-0.39, 0.29) is 12.0 Å². The van der Waals surface area contributed by atoms with E-state index in [0.717, 1.165) is 6.42 Å². The lowest BCUT2D eigenvalue weighted by Crippen LogP contribution is -2.30. The topological polar surface area (TPSA) is 82.8 Å². The van der Waals surface area contributed by atoms with Crippen LogP contribution in [0.5, 0.6) is 11.5 Å². The quantitative estimate of drug-likeness (QED) is 0.885. The molecule has 0 aliphatic carbocycles. The van der Waals surface area contributed by atoms with Gasteiger partial charge in [0, 0.05) is 18.7 Å². The van der Waals surface area contributed by atoms with Crippen molar-refractivity contribution in [3.63, 3.8) is 0 Å². The SMILES string of the molecule is NC[C@H]1CC[C@@H](C(=O)Nc2cc3c(cc2Cl)OCCO3)O1. The third-order valence-electron chi connectivity index (χ3n) is 3.55. The molecule has 1 amide bonds. The van der Waals surface area contributed by atoms with Gasteiger partial charge >= 0.3 is 0 Å². The molecular weight excluding hydrogens is 296 g/mol. The van der Waals surface area contributed by atoms with Crippen LogP contribution >= 0.6 is 11.6 Å². The lowest BCUT2D eigenvalue weighted by Gasteiger charge is -2.20. The number of nitrogens with two attached hydrogens (primary N) is 1. The Morgan fingerprint density at radius 3 is 2.67 bits per heavy atom. The van der Waals surface area contributed by atoms with E-state index in [1.165, 1.54) is 0 Å². The Hall–Kier alpha value is -1.50. The second kappa shape index (κ2) is 6.09. The molecule has 0 unspecified atom stereocenters. The molecule has 2 atom stereocenters. The number of fused-ring (bicyclic) bond motifs is 1. The Morgan fingerprint density at radius 1 is 1.29 bits per heavy atom. The van der Waals surface area contributed by atoms with Gasteiger partial charge in [0.1, 0.15) is 19.3 Å². The zero-order chi connectivity index (χ0) is 14.8. The number of benzene rings is 1. The van der Waals surface area contributed by atoms with E-state index < -0.39 is 6.10 Å². The number of amides is 1. The summed E-state index contributed by atoms with van der Waals surface area (Å²) < 4.78 is 16.5. The van der Waals surface area contributed by atoms with Crippen LogP contribution in [0.25, 0.3) is 0 Å². The van der Waals surface area contributed by atoms with Crippen LogP contribution in [-0.4, -0.2) is 37.9 Å². The first kappa shape index (κ1) is 14.4. The Labute approximate surface area is 127 Å². The maximum absolute atomic E-state index is 12.2. The van der Waals surface area contributed by atoms with E-state index in [1.54, 1.807) is 12.1 Å². The zero-order valence-electron chi connectivity index (χ0n) is 11.4. The van der Waals surface area contributed by atoms with E-state index in [0.29, 0.717) is 48.4 Å². The fourth-order valence-corrected chi connectivity index (χ4v) is 2.65. The summed E-state index contributed by atoms with van der Waals surface area (Å²) >= 11 is 6.16. The molecule has 21 heavy (non-hydrogen) atoms. The molecule has 0 bridgehead atoms. The average Bonchev–Trinajstić information content (AvgIpc) is 2.97. The van der Waals surface area contributed by atoms with Crippen LogP contribution in [0.15, 0.2) is 12.1 Å². The van der Waals surface area contributed by atoms with Gasteiger partial charge in [-0.1, -0.05) is 11.6 Å². The number of rotatable bonds is 3. The minimum Gasteiger partial charge on any atom is -0.486 e. The summed E-state index contributed by atoms with van der Waals surface area (Å²) in [6.07, 6.45) is 0.929. The highest BCUT2D eigenvalue weighted by atomic mass is 35.5. The molecule has 2 aliphatic heterocycles. The van der Waals surface area contributed by atoms with Crippen LogP contribution in [0.2, 0.25) is 5.02 Å². The normalized spacial score (nSPS) is 23.9. The van der Waals surface area contributed by atoms with Crippen LogP contribution in [0, 0.1) is 0 Å². The van der Waals surface area contributed by atoms with Gasteiger partial charge in [-0.2, -0.15) is 0 Å². The number of anilines is 1. The summed E-state index contributed by atoms with van der Waals surface area (Å²) in [5, 5.41) is 3.18. The van der Waals surface area contributed by atoms with Crippen molar-refractivity contribution in [2.75, 3.05) is 25.1 Å². The Kier molecular flexibility index (Phi) is 4.19. The summed E-state index contributed by atoms with van der Waals surface area (Å²) in [5.74, 6) is 0.946. The molecule has 0 saturated carbocycles. The number of halogens is 1. The van der Waals surface area contributed by atoms with Crippen LogP contribution in [0.4, 0.5) is 5.69 Å². The number of hydrogen-bond acceptors (Lipinski definition) is 5. The van der Waals surface area contributed by atoms with E-state index in [1.807, 2.05) is 0 Å². The van der Waals surface area contributed by atoms with Gasteiger partial charge in [0.15, 0.2) is 11.5 Å². The molecule has 6 nitrogen and oxygen atoms in total. The van der Waals surface area contributed by atoms with Crippen molar-refractivity contribution in [1.29, 1.82) is 0 Å². The first-order chi connectivity index (χ1) is 10.2. The van der Waals surface area contributed by atoms with Crippen molar-refractivity contribution in [1.82, 2.24) is 0 Å². The van der Waals surface area contributed by atoms with E-state index in [9.17, 15) is 4.79 Å². The highest BCUT2D eigenvalue weighted by molar-refractivity contribution is 6.34. The van der Waals surface area contributed by atoms with E-state index >= 15 is 0 Å². The minimum atomic E-state index is -0.484. The highest BCUT2D eigenvalue weighted by Crippen LogP contribution is 2.38. The fraction of sp³-hybridized carbons (Fsp3) is 0.500. The number of nitrogens with one attached hydrogen (secondary N) is 1. The Morgan fingerprint density at radius 2 is 2.00 bits per heavy atom. The monoisotopic (exact) mass is 312 g/mol. The molecule has 0 aromatic heterocycles. The van der Waals surface area contributed by atoms with E-state index in [2.05, 4.69) is 5.32 Å². The van der Waals surface area contributed by atoms with Gasteiger partial charge in [0.25, 0.3) is 5.91 Å². The molecule has 0 spiro atoms. The summed E-state index contributed by atoms with van der Waals surface area (Å²) in [5.41, 5.74) is 6.03. The second-order valence-corrected chi connectivity index (χ2v) is 5.43. The van der Waals surface area contributed by atoms with E-state index in [4.69, 9.17) is 31.5 Å². The number of hydrogen-bond donors (Lipinski definition) is 2. The standard InChI is InChI=1S/C14H17ClN2O4/c15-9-5-12-13(20-4-3-19-12)6-10(9)17-14(18)11-2-1-8(7-16)21-11/h5-6,8,11H,1-4,7,16H2,(H,17,18)/t8-,11+/m1/s1. The zero-order valence-corrected chi connectivity index (χ0v) is 12.2. The molecule has 3 rings (SSSR count). The van der Waals surface area contributed by atoms with Crippen molar-refractivity contribution in [3.8, 4) is 11.5 Å². The molecule has 0 radical (unpaired) electrons. The van der Waals surface area contributed by atoms with Crippen LogP contribution in [0.3, 0.4) is 0 Å². The van der Waals surface area contributed by atoms with Gasteiger partial charge in [0.05, 0.1) is 16.8 Å². The molecular formula is C14H17ClN2O4. The Balaban J connectivity index is 1.71. The molecule has 2 aliphatic rings. The van der Waals surface area contributed by atoms with Gasteiger partial charge in [-0.05, 0) is 12.8 Å². The number of carbonyl (C=O) groups is 1. The summed E-state index contributed by atoms with van der Waals surface area (Å²) in [6, 6.07) is 3.31. The molecule has 2 heterocycles. The number of carbonyl (C=O) groups excluding carboxylic acids is 1. The predicted molar refractivity (Wildman–Crippen MR) is 78.0 cm³/mol. The second-order valence-electron chi connectivity index (χ2n) is 5.02. The third-order valence-corrected chi connectivity index (χ3v) is 3.87. The first-order valence-electron chi connectivity index (χ1n) is 6.93. The van der Waals surface area contributed by atoms with Crippen molar-refractivity contribution < 1.29 is 19.0 Å². The maximum Gasteiger partial charge on any atom is 0.253 e. The maximum atomic E-state index is 12.2. The lowest BCUT2D eigenvalue weighted by atomic mass is 10.2. The number of ether oxygens (including phenoxy) is 3. The lowest BCUT2D eigenvalue weighted by molar-refractivity contribution is -0.126. The van der Waals surface area contributed by atoms with Crippen LogP contribution in [-0.2, 0) is 9.53 Å². The molecule has 114 valence electrons. The van der Waals surface area contributed by atoms with Crippen molar-refractivity contribution in [2.24, 2.45) is 5.73 Å². The average molecular weight is 313 g/mol. The predicted octanol–water partition coefficient (Wildman–Crippen LogP) is 1.56. The molecule has 1 fully saturated rings. The van der Waals surface area contributed by atoms with Crippen molar-refractivity contribution in [3.05, 3.63) is 17.2 Å². The summed E-state index contributed by atoms with van der Waals surface area (Å²) in [4.78, 5) is 12.2.